The third-order valence-electron chi connectivity index (χ3n) is 12.4. The molecule has 3 nitrogen and oxygen atoms in total. The van der Waals surface area contributed by atoms with Crippen LogP contribution in [0.5, 0.6) is 0 Å². The molecule has 4 aromatic carbocycles. The third-order valence-corrected chi connectivity index (χ3v) is 13.6. The molecule has 0 saturated carbocycles. The molecule has 0 radical (unpaired) electrons. The summed E-state index contributed by atoms with van der Waals surface area (Å²) in [4.78, 5) is 2.82. The second kappa shape index (κ2) is 9.54. The summed E-state index contributed by atoms with van der Waals surface area (Å²) in [5.41, 5.74) is 16.2. The van der Waals surface area contributed by atoms with Crippen LogP contribution < -0.4 is 9.13 Å². The highest BCUT2D eigenvalue weighted by atomic mass is 32.2. The predicted molar refractivity (Wildman–Crippen MR) is 200 cm³/mol. The van der Waals surface area contributed by atoms with E-state index in [9.17, 15) is 0 Å². The highest BCUT2D eigenvalue weighted by Crippen LogP contribution is 2.60. The highest BCUT2D eigenvalue weighted by Gasteiger charge is 2.69. The lowest BCUT2D eigenvalue weighted by Crippen LogP contribution is -2.57. The smallest absolute Gasteiger partial charge is 0.185 e. The van der Waals surface area contributed by atoms with Crippen molar-refractivity contribution in [2.24, 2.45) is 0 Å². The first-order valence-electron chi connectivity index (χ1n) is 18.2. The van der Waals surface area contributed by atoms with Crippen molar-refractivity contribution >= 4 is 22.8 Å². The van der Waals surface area contributed by atoms with E-state index >= 15 is 0 Å². The molecule has 0 bridgehead atoms. The number of fused-ring (bicyclic) bond motifs is 9. The number of rotatable bonds is 3. The molecule has 244 valence electrons. The lowest BCUT2D eigenvalue weighted by Gasteiger charge is -2.43. The van der Waals surface area contributed by atoms with Gasteiger partial charge in [0.05, 0.1) is 26.5 Å². The number of imidazole rings is 1. The molecule has 1 aliphatic carbocycles. The molecule has 4 aliphatic rings. The van der Waals surface area contributed by atoms with Crippen molar-refractivity contribution in [1.29, 1.82) is 0 Å². The van der Waals surface area contributed by atoms with E-state index < -0.39 is 5.54 Å². The van der Waals surface area contributed by atoms with Crippen LogP contribution in [0.15, 0.2) is 101 Å². The monoisotopic (exact) mass is 659 g/mol. The van der Waals surface area contributed by atoms with Crippen LogP contribution >= 0.6 is 11.8 Å². The van der Waals surface area contributed by atoms with Crippen molar-refractivity contribution < 1.29 is 9.13 Å². The van der Waals surface area contributed by atoms with E-state index in [0.717, 1.165) is 0 Å². The Labute approximate surface area is 294 Å². The van der Waals surface area contributed by atoms with Crippen molar-refractivity contribution in [2.75, 3.05) is 0 Å². The Hall–Kier alpha value is -4.15. The van der Waals surface area contributed by atoms with E-state index in [1.54, 1.807) is 5.56 Å². The predicted octanol–water partition coefficient (Wildman–Crippen LogP) is 10.4. The Morgan fingerprint density at radius 1 is 0.714 bits per heavy atom. The van der Waals surface area contributed by atoms with E-state index in [-0.39, 0.29) is 10.8 Å². The van der Waals surface area contributed by atoms with Gasteiger partial charge in [0.25, 0.3) is 0 Å². The number of nitrogens with zero attached hydrogens (tertiary/aromatic N) is 3. The molecular formula is C45H45N3S+2. The molecule has 5 heterocycles. The fourth-order valence-electron chi connectivity index (χ4n) is 9.75. The Morgan fingerprint density at radius 3 is 2.18 bits per heavy atom. The maximum absolute atomic E-state index is 2.72. The average molecular weight is 660 g/mol. The summed E-state index contributed by atoms with van der Waals surface area (Å²) in [6.07, 6.45) is 4.73. The quantitative estimate of drug-likeness (QED) is 0.172. The minimum Gasteiger partial charge on any atom is -0.185 e. The van der Waals surface area contributed by atoms with Crippen LogP contribution in [0.2, 0.25) is 0 Å². The summed E-state index contributed by atoms with van der Waals surface area (Å²) in [6, 6.07) is 33.1. The lowest BCUT2D eigenvalue weighted by molar-refractivity contribution is -0.733. The summed E-state index contributed by atoms with van der Waals surface area (Å²) in [7, 11) is 0. The van der Waals surface area contributed by atoms with Gasteiger partial charge in [0.15, 0.2) is 22.9 Å². The van der Waals surface area contributed by atoms with Gasteiger partial charge in [0, 0.05) is 12.1 Å². The van der Waals surface area contributed by atoms with Gasteiger partial charge in [-0.25, -0.2) is 0 Å². The maximum Gasteiger partial charge on any atom is 0.352 e. The fraction of sp³-hybridized carbons (Fsp3) is 0.333. The second-order valence-corrected chi connectivity index (χ2v) is 17.9. The number of benzene rings is 4. The molecular weight excluding hydrogens is 615 g/mol. The van der Waals surface area contributed by atoms with Gasteiger partial charge in [-0.3, -0.25) is 0 Å². The van der Waals surface area contributed by atoms with Gasteiger partial charge in [0.2, 0.25) is 5.69 Å². The zero-order valence-corrected chi connectivity index (χ0v) is 30.8. The molecule has 10 rings (SSSR count). The van der Waals surface area contributed by atoms with E-state index in [1.807, 2.05) is 11.8 Å². The van der Waals surface area contributed by atoms with Crippen LogP contribution in [0, 0.1) is 0 Å². The Morgan fingerprint density at radius 2 is 1.43 bits per heavy atom. The van der Waals surface area contributed by atoms with Gasteiger partial charge in [-0.15, -0.1) is 0 Å². The Kier molecular flexibility index (Phi) is 5.79. The lowest BCUT2D eigenvalue weighted by atomic mass is 9.62. The average Bonchev–Trinajstić information content (AvgIpc) is 3.69. The summed E-state index contributed by atoms with van der Waals surface area (Å²) < 4.78 is 7.99. The minimum atomic E-state index is -0.545. The fourth-order valence-corrected chi connectivity index (χ4v) is 11.2. The summed E-state index contributed by atoms with van der Waals surface area (Å²) in [6.45, 7) is 19.3. The second-order valence-electron chi connectivity index (χ2n) is 16.9. The minimum absolute atomic E-state index is 0.0811. The molecule has 4 heteroatoms. The highest BCUT2D eigenvalue weighted by molar-refractivity contribution is 7.99. The van der Waals surface area contributed by atoms with E-state index in [1.165, 1.54) is 89.9 Å². The first-order valence-corrected chi connectivity index (χ1v) is 19.0. The Bertz CT molecular complexity index is 2370. The number of para-hydroxylation sites is 1. The van der Waals surface area contributed by atoms with Gasteiger partial charge in [-0.2, -0.15) is 13.7 Å². The molecule has 0 fully saturated rings. The number of hydrogen-bond acceptors (Lipinski definition) is 1. The van der Waals surface area contributed by atoms with Gasteiger partial charge in [-0.1, -0.05) is 97.5 Å². The van der Waals surface area contributed by atoms with Crippen molar-refractivity contribution in [2.45, 2.75) is 106 Å². The summed E-state index contributed by atoms with van der Waals surface area (Å²) in [5, 5.41) is 0. The van der Waals surface area contributed by atoms with Crippen molar-refractivity contribution in [3.05, 3.63) is 130 Å². The van der Waals surface area contributed by atoms with Gasteiger partial charge >= 0.3 is 11.4 Å². The normalized spacial score (nSPS) is 20.0. The molecule has 1 atom stereocenters. The van der Waals surface area contributed by atoms with Crippen LogP contribution in [0.4, 0.5) is 0 Å². The molecule has 3 aliphatic heterocycles. The van der Waals surface area contributed by atoms with Gasteiger partial charge in [0.1, 0.15) is 5.69 Å². The van der Waals surface area contributed by atoms with E-state index in [4.69, 9.17) is 0 Å². The van der Waals surface area contributed by atoms with Crippen LogP contribution in [-0.2, 0) is 16.4 Å². The molecule has 0 N–H and O–H groups in total. The number of pyridine rings is 1. The van der Waals surface area contributed by atoms with Crippen LogP contribution in [0.1, 0.15) is 119 Å². The molecule has 6 aromatic rings. The zero-order chi connectivity index (χ0) is 33.8. The molecule has 1 spiro atoms. The van der Waals surface area contributed by atoms with Gasteiger partial charge in [-0.05, 0) is 100 Å². The molecule has 2 aromatic heterocycles. The third kappa shape index (κ3) is 3.56. The number of hydrogen-bond donors (Lipinski definition) is 0. The molecule has 1 unspecified atom stereocenters. The number of aromatic nitrogens is 3. The van der Waals surface area contributed by atoms with Crippen molar-refractivity contribution in [3.8, 4) is 22.6 Å². The summed E-state index contributed by atoms with van der Waals surface area (Å²) in [5.74, 6) is 2.18. The molecule has 0 amide bonds. The van der Waals surface area contributed by atoms with Crippen molar-refractivity contribution in [1.82, 2.24) is 4.57 Å². The van der Waals surface area contributed by atoms with Crippen molar-refractivity contribution in [3.63, 3.8) is 0 Å². The zero-order valence-electron chi connectivity index (χ0n) is 30.0. The standard InChI is InChI=1S/C45H45N3S/c1-26(2)28-22-29(27(3)4)24-30(23-28)47-36-17-13-18-37-40(36)48-39-34(25-33-38(41(39)49-37)44(7,8)20-19-43(33,5)6)45(42(47)48)32-15-10-9-14-31(32)35-16-11-12-21-46(35)45/h9-18,21-27H,19-20H2,1-8H3/q+2. The van der Waals surface area contributed by atoms with E-state index in [0.29, 0.717) is 11.8 Å². The topological polar surface area (TPSA) is 12.7 Å². The SMILES string of the molecule is CC(C)c1cc(C(C)C)cc(-n2c3[n+]4c5c(cccc52)Sc2c-4c(cc4c2C(C)(C)CCC4(C)C)C32c3ccccc3-c3cccc[n+]32)c1. The van der Waals surface area contributed by atoms with Gasteiger partial charge < -0.3 is 0 Å². The maximum atomic E-state index is 2.72. The molecule has 0 saturated heterocycles. The van der Waals surface area contributed by atoms with Crippen LogP contribution in [0.3, 0.4) is 0 Å². The van der Waals surface area contributed by atoms with E-state index in [2.05, 4.69) is 160 Å². The largest absolute Gasteiger partial charge is 0.352 e. The Balaban J connectivity index is 1.47. The first kappa shape index (κ1) is 29.7. The van der Waals surface area contributed by atoms with Crippen LogP contribution in [-0.4, -0.2) is 4.57 Å². The first-order chi connectivity index (χ1) is 23.4. The molecule has 49 heavy (non-hydrogen) atoms. The summed E-state index contributed by atoms with van der Waals surface area (Å²) >= 11 is 2.03. The van der Waals surface area contributed by atoms with Crippen LogP contribution in [0.25, 0.3) is 33.7 Å².